The van der Waals surface area contributed by atoms with E-state index in [-0.39, 0.29) is 5.69 Å². The number of aromatic nitrogens is 3. The van der Waals surface area contributed by atoms with E-state index in [2.05, 4.69) is 10.3 Å². The molecule has 0 aliphatic rings. The Morgan fingerprint density at radius 1 is 1.32 bits per heavy atom. The zero-order chi connectivity index (χ0) is 16.5. The van der Waals surface area contributed by atoms with Crippen LogP contribution in [0.3, 0.4) is 0 Å². The molecule has 0 aliphatic carbocycles. The number of carboxylic acids is 1. The van der Waals surface area contributed by atoms with Gasteiger partial charge < -0.3 is 10.0 Å². The highest BCUT2D eigenvalue weighted by Gasteiger charge is 2.36. The van der Waals surface area contributed by atoms with Crippen molar-refractivity contribution in [3.63, 3.8) is 0 Å². The van der Waals surface area contributed by atoms with Gasteiger partial charge in [0, 0.05) is 7.05 Å². The molecule has 0 atom stereocenters. The van der Waals surface area contributed by atoms with Crippen LogP contribution in [0.2, 0.25) is 0 Å². The van der Waals surface area contributed by atoms with Crippen LogP contribution in [0.5, 0.6) is 0 Å². The van der Waals surface area contributed by atoms with E-state index in [4.69, 9.17) is 0 Å². The summed E-state index contributed by atoms with van der Waals surface area (Å²) < 4.78 is 1.49. The van der Waals surface area contributed by atoms with Gasteiger partial charge >= 0.3 is 5.97 Å². The van der Waals surface area contributed by atoms with Crippen LogP contribution in [0.25, 0.3) is 5.69 Å². The van der Waals surface area contributed by atoms with E-state index in [9.17, 15) is 14.7 Å². The molecule has 0 spiro atoms. The highest BCUT2D eigenvalue weighted by Crippen LogP contribution is 2.16. The van der Waals surface area contributed by atoms with Crippen molar-refractivity contribution in [1.29, 1.82) is 0 Å². The molecule has 1 aromatic carbocycles. The third-order valence-corrected chi connectivity index (χ3v) is 3.65. The van der Waals surface area contributed by atoms with E-state index >= 15 is 0 Å². The van der Waals surface area contributed by atoms with Gasteiger partial charge in [-0.15, -0.1) is 5.10 Å². The second-order valence-electron chi connectivity index (χ2n) is 5.62. The maximum atomic E-state index is 12.4. The molecule has 2 rings (SSSR count). The summed E-state index contributed by atoms with van der Waals surface area (Å²) in [6.45, 7) is 4.87. The Kier molecular flexibility index (Phi) is 3.99. The Balaban J connectivity index is 2.28. The van der Waals surface area contributed by atoms with Gasteiger partial charge in [0.15, 0.2) is 5.69 Å². The first-order chi connectivity index (χ1) is 10.2. The van der Waals surface area contributed by atoms with Gasteiger partial charge in [-0.3, -0.25) is 4.79 Å². The first kappa shape index (κ1) is 15.7. The van der Waals surface area contributed by atoms with Crippen molar-refractivity contribution in [3.05, 3.63) is 41.7 Å². The minimum atomic E-state index is -1.33. The zero-order valence-electron chi connectivity index (χ0n) is 12.9. The fraction of sp³-hybridized carbons (Fsp3) is 0.333. The van der Waals surface area contributed by atoms with Gasteiger partial charge in [-0.25, -0.2) is 9.48 Å². The molecule has 116 valence electrons. The Morgan fingerprint density at radius 2 is 2.00 bits per heavy atom. The number of likely N-dealkylation sites (N-methyl/N-ethyl adjacent to an activating group) is 1. The molecular weight excluding hydrogens is 284 g/mol. The average molecular weight is 302 g/mol. The van der Waals surface area contributed by atoms with Crippen molar-refractivity contribution in [2.24, 2.45) is 0 Å². The molecule has 1 heterocycles. The van der Waals surface area contributed by atoms with E-state index in [1.165, 1.54) is 31.8 Å². The first-order valence-electron chi connectivity index (χ1n) is 6.74. The van der Waals surface area contributed by atoms with Crippen molar-refractivity contribution < 1.29 is 14.7 Å². The lowest BCUT2D eigenvalue weighted by atomic mass is 10.0. The van der Waals surface area contributed by atoms with Crippen LogP contribution in [-0.4, -0.2) is 49.5 Å². The van der Waals surface area contributed by atoms with Crippen molar-refractivity contribution in [3.8, 4) is 5.69 Å². The first-order valence-corrected chi connectivity index (χ1v) is 6.74. The van der Waals surface area contributed by atoms with E-state index in [1.807, 2.05) is 31.2 Å². The van der Waals surface area contributed by atoms with Gasteiger partial charge in [0.05, 0.1) is 11.9 Å². The van der Waals surface area contributed by atoms with Crippen molar-refractivity contribution >= 4 is 11.9 Å². The number of carboxylic acid groups (broad SMARTS) is 1. The number of carbonyl (C=O) groups is 2. The fourth-order valence-electron chi connectivity index (χ4n) is 1.83. The number of aliphatic carboxylic acids is 1. The Bertz CT molecular complexity index is 721. The average Bonchev–Trinajstić information content (AvgIpc) is 2.95. The maximum absolute atomic E-state index is 12.4. The molecule has 1 amide bonds. The monoisotopic (exact) mass is 302 g/mol. The van der Waals surface area contributed by atoms with Gasteiger partial charge in [-0.1, -0.05) is 17.3 Å². The number of carbonyl (C=O) groups excluding carboxylic acids is 1. The number of nitrogens with zero attached hydrogens (tertiary/aromatic N) is 4. The summed E-state index contributed by atoms with van der Waals surface area (Å²) in [5.41, 5.74) is 0.611. The molecule has 7 nitrogen and oxygen atoms in total. The molecule has 2 aromatic rings. The molecule has 22 heavy (non-hydrogen) atoms. The standard InChI is InChI=1S/C15H18N4O3/c1-10-6-5-7-11(8-10)19-9-12(16-17-19)13(20)18(4)15(2,3)14(21)22/h5-9H,1-4H3,(H,21,22). The quantitative estimate of drug-likeness (QED) is 0.925. The largest absolute Gasteiger partial charge is 0.480 e. The molecule has 0 bridgehead atoms. The number of aryl methyl sites for hydroxylation is 1. The van der Waals surface area contributed by atoms with Gasteiger partial charge in [0.25, 0.3) is 5.91 Å². The van der Waals surface area contributed by atoms with Crippen molar-refractivity contribution in [2.45, 2.75) is 26.3 Å². The fourth-order valence-corrected chi connectivity index (χ4v) is 1.83. The van der Waals surface area contributed by atoms with Gasteiger partial charge in [0.2, 0.25) is 0 Å². The summed E-state index contributed by atoms with van der Waals surface area (Å²) >= 11 is 0. The van der Waals surface area contributed by atoms with Gasteiger partial charge in [-0.2, -0.15) is 0 Å². The number of hydrogen-bond acceptors (Lipinski definition) is 4. The molecule has 1 aromatic heterocycles. The van der Waals surface area contributed by atoms with Crippen LogP contribution in [0.1, 0.15) is 29.9 Å². The Labute approximate surface area is 128 Å². The van der Waals surface area contributed by atoms with E-state index in [0.29, 0.717) is 0 Å². The number of rotatable bonds is 4. The lowest BCUT2D eigenvalue weighted by molar-refractivity contribution is -0.147. The van der Waals surface area contributed by atoms with Gasteiger partial charge in [0.1, 0.15) is 5.54 Å². The molecule has 1 N–H and O–H groups in total. The van der Waals surface area contributed by atoms with Crippen LogP contribution in [0.4, 0.5) is 0 Å². The molecule has 0 aliphatic heterocycles. The van der Waals surface area contributed by atoms with Crippen molar-refractivity contribution in [2.75, 3.05) is 7.05 Å². The van der Waals surface area contributed by atoms with Crippen LogP contribution in [-0.2, 0) is 4.79 Å². The van der Waals surface area contributed by atoms with E-state index in [0.717, 1.165) is 16.2 Å². The maximum Gasteiger partial charge on any atom is 0.329 e. The number of benzene rings is 1. The molecule has 0 unspecified atom stereocenters. The summed E-state index contributed by atoms with van der Waals surface area (Å²) in [4.78, 5) is 24.7. The topological polar surface area (TPSA) is 88.3 Å². The molecular formula is C15H18N4O3. The highest BCUT2D eigenvalue weighted by molar-refractivity contribution is 5.95. The summed E-state index contributed by atoms with van der Waals surface area (Å²) in [7, 11) is 1.43. The third kappa shape index (κ3) is 2.83. The van der Waals surface area contributed by atoms with E-state index < -0.39 is 17.4 Å². The zero-order valence-corrected chi connectivity index (χ0v) is 12.9. The predicted molar refractivity (Wildman–Crippen MR) is 79.9 cm³/mol. The van der Waals surface area contributed by atoms with Gasteiger partial charge in [-0.05, 0) is 38.5 Å². The summed E-state index contributed by atoms with van der Waals surface area (Å²) in [6, 6.07) is 7.60. The minimum Gasteiger partial charge on any atom is -0.480 e. The van der Waals surface area contributed by atoms with Crippen LogP contribution in [0, 0.1) is 6.92 Å². The minimum absolute atomic E-state index is 0.0957. The van der Waals surface area contributed by atoms with Crippen LogP contribution in [0.15, 0.2) is 30.5 Å². The predicted octanol–water partition coefficient (Wildman–Crippen LogP) is 1.51. The van der Waals surface area contributed by atoms with Crippen LogP contribution < -0.4 is 0 Å². The molecule has 0 fully saturated rings. The smallest absolute Gasteiger partial charge is 0.329 e. The van der Waals surface area contributed by atoms with Crippen molar-refractivity contribution in [1.82, 2.24) is 19.9 Å². The second-order valence-corrected chi connectivity index (χ2v) is 5.62. The molecule has 0 radical (unpaired) electrons. The Hall–Kier alpha value is -2.70. The molecule has 0 saturated carbocycles. The lowest BCUT2D eigenvalue weighted by Crippen LogP contribution is -2.50. The highest BCUT2D eigenvalue weighted by atomic mass is 16.4. The Morgan fingerprint density at radius 3 is 2.59 bits per heavy atom. The summed E-state index contributed by atoms with van der Waals surface area (Å²) in [5, 5.41) is 17.0. The number of hydrogen-bond donors (Lipinski definition) is 1. The molecule has 7 heteroatoms. The normalized spacial score (nSPS) is 11.3. The second kappa shape index (κ2) is 5.59. The summed E-state index contributed by atoms with van der Waals surface area (Å²) in [5.74, 6) is -1.58. The number of amides is 1. The molecule has 0 saturated heterocycles. The third-order valence-electron chi connectivity index (χ3n) is 3.65. The SMILES string of the molecule is Cc1cccc(-n2cc(C(=O)N(C)C(C)(C)C(=O)O)nn2)c1. The lowest BCUT2D eigenvalue weighted by Gasteiger charge is -2.30. The van der Waals surface area contributed by atoms with E-state index in [1.54, 1.807) is 0 Å². The summed E-state index contributed by atoms with van der Waals surface area (Å²) in [6.07, 6.45) is 1.49. The van der Waals surface area contributed by atoms with Crippen LogP contribution >= 0.6 is 0 Å².